The molecule has 212 valence electrons. The molecule has 5 rings (SSSR count). The molecule has 0 amide bonds. The van der Waals surface area contributed by atoms with Crippen LogP contribution in [0.5, 0.6) is 17.2 Å². The number of hydrogen-bond donors (Lipinski definition) is 3. The Kier molecular flexibility index (Phi) is 8.33. The standard InChI is InChI=1S/C30H26N6O6/c37-19-42-25-10-12-27(29(39)18-25)34-32-22-4-8-24(9-5-22)36-15-13-35(14-16-36)23-6-2-21(3-7-23)31-33-26-11-1-20(30(40)41)17-28(26)38/h1-12,17-19,38-39H,13-16H2,(H,40,41). The number of rotatable bonds is 9. The number of nitrogens with zero attached hydrogens (tertiary/aromatic N) is 6. The fourth-order valence-electron chi connectivity index (χ4n) is 4.36. The van der Waals surface area contributed by atoms with Gasteiger partial charge in [-0.15, -0.1) is 10.2 Å². The molecule has 0 aromatic heterocycles. The van der Waals surface area contributed by atoms with Crippen molar-refractivity contribution in [2.24, 2.45) is 20.5 Å². The molecular formula is C30H26N6O6. The summed E-state index contributed by atoms with van der Waals surface area (Å²) in [5.74, 6) is -1.30. The van der Waals surface area contributed by atoms with Crippen LogP contribution in [-0.4, -0.2) is 53.9 Å². The molecule has 42 heavy (non-hydrogen) atoms. The molecule has 12 heteroatoms. The molecule has 1 saturated heterocycles. The van der Waals surface area contributed by atoms with Gasteiger partial charge >= 0.3 is 5.97 Å². The molecule has 0 atom stereocenters. The molecule has 1 aliphatic heterocycles. The van der Waals surface area contributed by atoms with E-state index in [1.807, 2.05) is 48.5 Å². The van der Waals surface area contributed by atoms with E-state index in [1.165, 1.54) is 30.3 Å². The quantitative estimate of drug-likeness (QED) is 0.153. The first-order valence-electron chi connectivity index (χ1n) is 12.9. The Bertz CT molecular complexity index is 1630. The van der Waals surface area contributed by atoms with Gasteiger partial charge in [-0.2, -0.15) is 10.2 Å². The Balaban J connectivity index is 1.14. The van der Waals surface area contributed by atoms with Crippen molar-refractivity contribution in [3.05, 3.63) is 90.5 Å². The van der Waals surface area contributed by atoms with Crippen LogP contribution in [0.25, 0.3) is 0 Å². The second kappa shape index (κ2) is 12.6. The number of benzene rings is 4. The van der Waals surface area contributed by atoms with Crippen molar-refractivity contribution >= 4 is 46.6 Å². The average Bonchev–Trinajstić information content (AvgIpc) is 3.01. The number of carboxylic acids is 1. The van der Waals surface area contributed by atoms with Crippen molar-refractivity contribution in [2.45, 2.75) is 0 Å². The highest BCUT2D eigenvalue weighted by atomic mass is 16.5. The lowest BCUT2D eigenvalue weighted by Gasteiger charge is -2.37. The number of aromatic carboxylic acids is 1. The first-order valence-corrected chi connectivity index (χ1v) is 12.9. The van der Waals surface area contributed by atoms with Gasteiger partial charge in [0.15, 0.2) is 0 Å². The van der Waals surface area contributed by atoms with Crippen LogP contribution in [0.4, 0.5) is 34.1 Å². The fraction of sp³-hybridized carbons (Fsp3) is 0.133. The van der Waals surface area contributed by atoms with Gasteiger partial charge in [-0.05, 0) is 78.9 Å². The number of piperazine rings is 1. The lowest BCUT2D eigenvalue weighted by Crippen LogP contribution is -2.46. The number of carbonyl (C=O) groups is 2. The summed E-state index contributed by atoms with van der Waals surface area (Å²) in [4.78, 5) is 26.0. The van der Waals surface area contributed by atoms with Gasteiger partial charge in [0.05, 0.1) is 16.9 Å². The summed E-state index contributed by atoms with van der Waals surface area (Å²) >= 11 is 0. The third-order valence-electron chi connectivity index (χ3n) is 6.61. The topological polar surface area (TPSA) is 160 Å². The highest BCUT2D eigenvalue weighted by molar-refractivity contribution is 5.88. The second-order valence-corrected chi connectivity index (χ2v) is 9.28. The summed E-state index contributed by atoms with van der Waals surface area (Å²) in [5, 5.41) is 45.5. The van der Waals surface area contributed by atoms with Crippen molar-refractivity contribution in [1.29, 1.82) is 0 Å². The molecule has 1 heterocycles. The Morgan fingerprint density at radius 1 is 0.667 bits per heavy atom. The molecule has 0 saturated carbocycles. The Labute approximate surface area is 240 Å². The molecule has 0 bridgehead atoms. The van der Waals surface area contributed by atoms with E-state index >= 15 is 0 Å². The van der Waals surface area contributed by atoms with Crippen molar-refractivity contribution < 1.29 is 29.6 Å². The van der Waals surface area contributed by atoms with Crippen LogP contribution in [0.1, 0.15) is 10.4 Å². The smallest absolute Gasteiger partial charge is 0.335 e. The number of aromatic hydroxyl groups is 2. The SMILES string of the molecule is O=COc1ccc(N=Nc2ccc(N3CCN(c4ccc(N=Nc5ccc(C(=O)O)cc5O)cc4)CC3)cc2)c(O)c1. The molecule has 0 spiro atoms. The number of anilines is 2. The van der Waals surface area contributed by atoms with Gasteiger partial charge in [0, 0.05) is 43.6 Å². The zero-order chi connectivity index (χ0) is 29.5. The molecule has 4 aromatic carbocycles. The summed E-state index contributed by atoms with van der Waals surface area (Å²) in [6, 6.07) is 23.6. The number of ether oxygens (including phenoxy) is 1. The Morgan fingerprint density at radius 3 is 1.57 bits per heavy atom. The van der Waals surface area contributed by atoms with Gasteiger partial charge in [-0.1, -0.05) is 0 Å². The monoisotopic (exact) mass is 566 g/mol. The Hall–Kier alpha value is -5.78. The Morgan fingerprint density at radius 2 is 1.14 bits per heavy atom. The highest BCUT2D eigenvalue weighted by Gasteiger charge is 2.18. The number of carbonyl (C=O) groups excluding carboxylic acids is 1. The van der Waals surface area contributed by atoms with Gasteiger partial charge in [0.1, 0.15) is 28.6 Å². The maximum Gasteiger partial charge on any atom is 0.335 e. The second-order valence-electron chi connectivity index (χ2n) is 9.28. The minimum Gasteiger partial charge on any atom is -0.506 e. The van der Waals surface area contributed by atoms with E-state index in [0.717, 1.165) is 43.6 Å². The van der Waals surface area contributed by atoms with Crippen LogP contribution >= 0.6 is 0 Å². The zero-order valence-corrected chi connectivity index (χ0v) is 22.2. The molecule has 0 aliphatic carbocycles. The van der Waals surface area contributed by atoms with Crippen molar-refractivity contribution in [3.8, 4) is 17.2 Å². The zero-order valence-electron chi connectivity index (χ0n) is 22.2. The summed E-state index contributed by atoms with van der Waals surface area (Å²) in [5.41, 5.74) is 3.80. The lowest BCUT2D eigenvalue weighted by atomic mass is 10.2. The number of hydrogen-bond acceptors (Lipinski definition) is 11. The van der Waals surface area contributed by atoms with Crippen molar-refractivity contribution in [1.82, 2.24) is 0 Å². The average molecular weight is 567 g/mol. The van der Waals surface area contributed by atoms with Crippen LogP contribution in [0, 0.1) is 0 Å². The van der Waals surface area contributed by atoms with Gasteiger partial charge in [0.2, 0.25) is 0 Å². The van der Waals surface area contributed by atoms with Crippen LogP contribution < -0.4 is 14.5 Å². The summed E-state index contributed by atoms with van der Waals surface area (Å²) in [6.07, 6.45) is 0. The van der Waals surface area contributed by atoms with Gasteiger partial charge in [0.25, 0.3) is 6.47 Å². The van der Waals surface area contributed by atoms with Crippen molar-refractivity contribution in [2.75, 3.05) is 36.0 Å². The van der Waals surface area contributed by atoms with E-state index in [2.05, 4.69) is 30.3 Å². The van der Waals surface area contributed by atoms with E-state index in [-0.39, 0.29) is 40.7 Å². The minimum atomic E-state index is -1.13. The molecule has 0 unspecified atom stereocenters. The van der Waals surface area contributed by atoms with E-state index in [9.17, 15) is 19.8 Å². The summed E-state index contributed by atoms with van der Waals surface area (Å²) < 4.78 is 4.70. The maximum atomic E-state index is 11.0. The predicted octanol–water partition coefficient (Wildman–Crippen LogP) is 6.49. The fourth-order valence-corrected chi connectivity index (χ4v) is 4.36. The van der Waals surface area contributed by atoms with Gasteiger partial charge < -0.3 is 29.9 Å². The molecular weight excluding hydrogens is 540 g/mol. The number of phenols is 2. The molecule has 1 fully saturated rings. The normalized spacial score (nSPS) is 13.5. The lowest BCUT2D eigenvalue weighted by molar-refractivity contribution is -0.120. The molecule has 3 N–H and O–H groups in total. The van der Waals surface area contributed by atoms with Crippen LogP contribution in [-0.2, 0) is 4.79 Å². The van der Waals surface area contributed by atoms with E-state index in [4.69, 9.17) is 9.84 Å². The van der Waals surface area contributed by atoms with E-state index < -0.39 is 5.97 Å². The summed E-state index contributed by atoms with van der Waals surface area (Å²) in [6.45, 7) is 3.60. The molecule has 0 radical (unpaired) electrons. The van der Waals surface area contributed by atoms with Crippen LogP contribution in [0.3, 0.4) is 0 Å². The maximum absolute atomic E-state index is 11.0. The summed E-state index contributed by atoms with van der Waals surface area (Å²) in [7, 11) is 0. The van der Waals surface area contributed by atoms with Gasteiger partial charge in [-0.25, -0.2) is 4.79 Å². The van der Waals surface area contributed by atoms with Crippen molar-refractivity contribution in [3.63, 3.8) is 0 Å². The largest absolute Gasteiger partial charge is 0.506 e. The predicted molar refractivity (Wildman–Crippen MR) is 156 cm³/mol. The first kappa shape index (κ1) is 27.8. The highest BCUT2D eigenvalue weighted by Crippen LogP contribution is 2.33. The van der Waals surface area contributed by atoms with Crippen LogP contribution in [0.2, 0.25) is 0 Å². The third-order valence-corrected chi connectivity index (χ3v) is 6.61. The first-order chi connectivity index (χ1) is 20.4. The third kappa shape index (κ3) is 6.67. The van der Waals surface area contributed by atoms with E-state index in [1.54, 1.807) is 0 Å². The number of azo groups is 2. The molecule has 12 nitrogen and oxygen atoms in total. The number of carboxylic acid groups (broad SMARTS) is 1. The molecule has 1 aliphatic rings. The van der Waals surface area contributed by atoms with Crippen LogP contribution in [0.15, 0.2) is 105 Å². The van der Waals surface area contributed by atoms with Gasteiger partial charge in [-0.3, -0.25) is 4.79 Å². The van der Waals surface area contributed by atoms with E-state index in [0.29, 0.717) is 11.4 Å². The molecule has 4 aromatic rings. The number of phenolic OH excluding ortho intramolecular Hbond substituents is 2. The minimum absolute atomic E-state index is 0.0240.